The van der Waals surface area contributed by atoms with Crippen molar-refractivity contribution in [1.29, 1.82) is 0 Å². The lowest BCUT2D eigenvalue weighted by atomic mass is 9.53. The van der Waals surface area contributed by atoms with Crippen LogP contribution in [-0.2, 0) is 14.3 Å². The molecule has 0 atom stereocenters. The van der Waals surface area contributed by atoms with Crippen molar-refractivity contribution in [2.24, 2.45) is 17.8 Å². The van der Waals surface area contributed by atoms with Gasteiger partial charge in [-0.2, -0.15) is 0 Å². The van der Waals surface area contributed by atoms with Gasteiger partial charge < -0.3 is 15.4 Å². The highest BCUT2D eigenvalue weighted by molar-refractivity contribution is 8.00. The van der Waals surface area contributed by atoms with Crippen LogP contribution in [0, 0.1) is 17.8 Å². The zero-order valence-electron chi connectivity index (χ0n) is 17.7. The molecule has 6 nitrogen and oxygen atoms in total. The Bertz CT molecular complexity index is 834. The van der Waals surface area contributed by atoms with Crippen LogP contribution >= 0.6 is 11.8 Å². The van der Waals surface area contributed by atoms with Crippen molar-refractivity contribution in [1.82, 2.24) is 10.6 Å². The Labute approximate surface area is 187 Å². The van der Waals surface area contributed by atoms with Crippen LogP contribution in [0.4, 0.5) is 0 Å². The molecule has 2 amide bonds. The number of nitrogens with one attached hydrogen (secondary N) is 2. The summed E-state index contributed by atoms with van der Waals surface area (Å²) in [7, 11) is 0. The molecule has 0 radical (unpaired) electrons. The van der Waals surface area contributed by atoms with Crippen LogP contribution < -0.4 is 10.6 Å². The number of rotatable bonds is 9. The maximum absolute atomic E-state index is 12.8. The van der Waals surface area contributed by atoms with Crippen molar-refractivity contribution < 1.29 is 19.1 Å². The lowest BCUT2D eigenvalue weighted by Gasteiger charge is -2.56. The molecule has 0 saturated heterocycles. The summed E-state index contributed by atoms with van der Waals surface area (Å²) in [6, 6.07) is 7.03. The van der Waals surface area contributed by atoms with Gasteiger partial charge in [-0.3, -0.25) is 9.59 Å². The first-order valence-electron chi connectivity index (χ1n) is 11.0. The Morgan fingerprint density at radius 2 is 1.71 bits per heavy atom. The Balaban J connectivity index is 1.31. The second-order valence-electron chi connectivity index (χ2n) is 9.20. The summed E-state index contributed by atoms with van der Waals surface area (Å²) in [5.74, 6) is 1.66. The van der Waals surface area contributed by atoms with Crippen molar-refractivity contribution in [2.75, 3.05) is 18.9 Å². The quantitative estimate of drug-likeness (QED) is 0.348. The van der Waals surface area contributed by atoms with E-state index in [1.807, 2.05) is 6.07 Å². The molecular weight excluding hydrogens is 412 g/mol. The third kappa shape index (κ3) is 5.32. The molecular formula is C24H30N2O4S. The summed E-state index contributed by atoms with van der Waals surface area (Å²) in [5, 5.41) is 5.93. The van der Waals surface area contributed by atoms with Crippen LogP contribution in [0.2, 0.25) is 0 Å². The van der Waals surface area contributed by atoms with Gasteiger partial charge in [0, 0.05) is 17.0 Å². The molecule has 0 aromatic heterocycles. The van der Waals surface area contributed by atoms with E-state index in [-0.39, 0.29) is 29.7 Å². The minimum Gasteiger partial charge on any atom is -0.452 e. The zero-order chi connectivity index (χ0) is 21.8. The zero-order valence-corrected chi connectivity index (χ0v) is 18.5. The monoisotopic (exact) mass is 442 g/mol. The molecule has 0 heterocycles. The third-order valence-electron chi connectivity index (χ3n) is 6.69. The van der Waals surface area contributed by atoms with E-state index in [1.54, 1.807) is 24.3 Å². The van der Waals surface area contributed by atoms with Crippen molar-refractivity contribution in [3.05, 3.63) is 42.5 Å². The van der Waals surface area contributed by atoms with Crippen molar-refractivity contribution in [2.45, 2.75) is 49.0 Å². The summed E-state index contributed by atoms with van der Waals surface area (Å²) in [4.78, 5) is 37.6. The lowest BCUT2D eigenvalue weighted by molar-refractivity contribution is -0.124. The summed E-state index contributed by atoms with van der Waals surface area (Å²) >= 11 is 1.33. The van der Waals surface area contributed by atoms with Gasteiger partial charge in [0.15, 0.2) is 6.61 Å². The van der Waals surface area contributed by atoms with E-state index in [0.29, 0.717) is 17.0 Å². The van der Waals surface area contributed by atoms with Crippen molar-refractivity contribution in [3.8, 4) is 0 Å². The third-order valence-corrected chi connectivity index (χ3v) is 7.76. The molecule has 0 aliphatic heterocycles. The minimum absolute atomic E-state index is 0.0103. The molecule has 5 rings (SSSR count). The number of thioether (sulfide) groups is 1. The van der Waals surface area contributed by atoms with Crippen LogP contribution in [0.5, 0.6) is 0 Å². The van der Waals surface area contributed by atoms with Crippen LogP contribution in [-0.4, -0.2) is 42.2 Å². The second kappa shape index (κ2) is 9.47. The highest BCUT2D eigenvalue weighted by Crippen LogP contribution is 2.55. The number of ether oxygens (including phenoxy) is 1. The van der Waals surface area contributed by atoms with Crippen LogP contribution in [0.15, 0.2) is 41.8 Å². The molecule has 4 aliphatic rings. The topological polar surface area (TPSA) is 84.5 Å². The smallest absolute Gasteiger partial charge is 0.339 e. The van der Waals surface area contributed by atoms with E-state index < -0.39 is 5.97 Å². The average molecular weight is 443 g/mol. The highest BCUT2D eigenvalue weighted by Gasteiger charge is 2.51. The Morgan fingerprint density at radius 3 is 2.35 bits per heavy atom. The van der Waals surface area contributed by atoms with Gasteiger partial charge in [-0.25, -0.2) is 4.79 Å². The van der Waals surface area contributed by atoms with Crippen molar-refractivity contribution in [3.63, 3.8) is 0 Å². The van der Waals surface area contributed by atoms with Gasteiger partial charge in [0.05, 0.1) is 11.3 Å². The van der Waals surface area contributed by atoms with Gasteiger partial charge in [-0.05, 0) is 68.4 Å². The van der Waals surface area contributed by atoms with E-state index in [2.05, 4.69) is 17.2 Å². The minimum atomic E-state index is -0.571. The standard InChI is InChI=1S/C24H30N2O4S/c1-2-7-25-21(27)14-30-23(29)19-5-3-4-6-20(19)31-15-22(28)26-24-11-16-8-17(12-24)10-18(9-16)13-24/h2-6,16-18H,1,7-15H2,(H,25,27)(H,26,28). The molecule has 166 valence electrons. The first-order valence-corrected chi connectivity index (χ1v) is 12.0. The molecule has 1 aromatic carbocycles. The highest BCUT2D eigenvalue weighted by atomic mass is 32.2. The normalized spacial score (nSPS) is 28.1. The van der Waals surface area contributed by atoms with Gasteiger partial charge in [0.2, 0.25) is 5.91 Å². The molecule has 0 unspecified atom stereocenters. The number of esters is 1. The summed E-state index contributed by atoms with van der Waals surface area (Å²) in [6.07, 6.45) is 8.92. The van der Waals surface area contributed by atoms with Gasteiger partial charge in [0.25, 0.3) is 5.91 Å². The molecule has 4 bridgehead atoms. The van der Waals surface area contributed by atoms with E-state index in [1.165, 1.54) is 31.0 Å². The van der Waals surface area contributed by atoms with Gasteiger partial charge >= 0.3 is 5.97 Å². The summed E-state index contributed by atoms with van der Waals surface area (Å²) in [5.41, 5.74) is 0.357. The number of amides is 2. The summed E-state index contributed by atoms with van der Waals surface area (Å²) in [6.45, 7) is 3.50. The largest absolute Gasteiger partial charge is 0.452 e. The first-order chi connectivity index (χ1) is 15.0. The van der Waals surface area contributed by atoms with E-state index in [9.17, 15) is 14.4 Å². The average Bonchev–Trinajstić information content (AvgIpc) is 2.73. The van der Waals surface area contributed by atoms with Crippen LogP contribution in [0.3, 0.4) is 0 Å². The first kappa shape index (κ1) is 21.9. The number of carbonyl (C=O) groups excluding carboxylic acids is 3. The fraction of sp³-hybridized carbons (Fsp3) is 0.542. The Morgan fingerprint density at radius 1 is 1.06 bits per heavy atom. The van der Waals surface area contributed by atoms with E-state index >= 15 is 0 Å². The Kier molecular flexibility index (Phi) is 6.70. The maximum atomic E-state index is 12.8. The lowest BCUT2D eigenvalue weighted by Crippen LogP contribution is -2.60. The maximum Gasteiger partial charge on any atom is 0.339 e. The fourth-order valence-corrected chi connectivity index (χ4v) is 6.79. The molecule has 7 heteroatoms. The predicted molar refractivity (Wildman–Crippen MR) is 120 cm³/mol. The van der Waals surface area contributed by atoms with Crippen LogP contribution in [0.25, 0.3) is 0 Å². The molecule has 4 aliphatic carbocycles. The number of hydrogen-bond acceptors (Lipinski definition) is 5. The van der Waals surface area contributed by atoms with Gasteiger partial charge in [0.1, 0.15) is 0 Å². The fourth-order valence-electron chi connectivity index (χ4n) is 5.95. The SMILES string of the molecule is C=CCNC(=O)COC(=O)c1ccccc1SCC(=O)NC12CC3CC(CC(C3)C1)C2. The van der Waals surface area contributed by atoms with Crippen LogP contribution in [0.1, 0.15) is 48.9 Å². The molecule has 2 N–H and O–H groups in total. The Hall–Kier alpha value is -2.28. The predicted octanol–water partition coefficient (Wildman–Crippen LogP) is 3.32. The molecule has 4 fully saturated rings. The molecule has 31 heavy (non-hydrogen) atoms. The molecule has 4 saturated carbocycles. The van der Waals surface area contributed by atoms with E-state index in [0.717, 1.165) is 37.0 Å². The number of hydrogen-bond donors (Lipinski definition) is 2. The number of carbonyl (C=O) groups is 3. The number of benzene rings is 1. The second-order valence-corrected chi connectivity index (χ2v) is 10.2. The van der Waals surface area contributed by atoms with E-state index in [4.69, 9.17) is 4.74 Å². The van der Waals surface area contributed by atoms with Gasteiger partial charge in [-0.15, -0.1) is 18.3 Å². The van der Waals surface area contributed by atoms with Gasteiger partial charge in [-0.1, -0.05) is 18.2 Å². The molecule has 0 spiro atoms. The van der Waals surface area contributed by atoms with Crippen molar-refractivity contribution >= 4 is 29.5 Å². The summed E-state index contributed by atoms with van der Waals surface area (Å²) < 4.78 is 5.13. The molecule has 1 aromatic rings.